The first-order valence-corrected chi connectivity index (χ1v) is 7.05. The topological polar surface area (TPSA) is 58.6 Å². The Hall–Kier alpha value is -1.60. The average molecular weight is 317 g/mol. The Morgan fingerprint density at radius 2 is 2.18 bits per heavy atom. The largest absolute Gasteiger partial charge is 0.392 e. The van der Waals surface area contributed by atoms with Crippen molar-refractivity contribution in [2.24, 2.45) is 5.92 Å². The lowest BCUT2D eigenvalue weighted by Gasteiger charge is -2.39. The van der Waals surface area contributed by atoms with Crippen molar-refractivity contribution in [1.82, 2.24) is 5.32 Å². The van der Waals surface area contributed by atoms with Crippen LogP contribution in [-0.2, 0) is 9.53 Å². The standard InChI is InChI=1S/C15H18F3NO3/c1-2-22-7-9-6-15(18,8-20)14(21)19-13(9)10-4-3-5-11(16)12(10)17/h3-5,9,13,20H,2,6-8H2,1H3,(H,19,21)/t9-,13+,15?/m1/s1. The van der Waals surface area contributed by atoms with Gasteiger partial charge in [0.1, 0.15) is 0 Å². The number of aliphatic hydroxyl groups is 1. The van der Waals surface area contributed by atoms with Crippen LogP contribution in [0.3, 0.4) is 0 Å². The average Bonchev–Trinajstić information content (AvgIpc) is 2.51. The van der Waals surface area contributed by atoms with Gasteiger partial charge in [0.2, 0.25) is 5.67 Å². The summed E-state index contributed by atoms with van der Waals surface area (Å²) in [6.07, 6.45) is -0.323. The molecule has 1 amide bonds. The molecule has 1 saturated heterocycles. The lowest BCUT2D eigenvalue weighted by Crippen LogP contribution is -2.56. The maximum absolute atomic E-state index is 14.4. The van der Waals surface area contributed by atoms with Gasteiger partial charge in [-0.25, -0.2) is 13.2 Å². The Kier molecular flexibility index (Phi) is 5.08. The smallest absolute Gasteiger partial charge is 0.260 e. The molecular formula is C15H18F3NO3. The fourth-order valence-electron chi connectivity index (χ4n) is 2.67. The zero-order valence-electron chi connectivity index (χ0n) is 12.1. The monoisotopic (exact) mass is 317 g/mol. The van der Waals surface area contributed by atoms with Gasteiger partial charge in [-0.1, -0.05) is 12.1 Å². The van der Waals surface area contributed by atoms with Gasteiger partial charge in [-0.05, 0) is 13.0 Å². The summed E-state index contributed by atoms with van der Waals surface area (Å²) in [5.41, 5.74) is -2.50. The highest BCUT2D eigenvalue weighted by Gasteiger charge is 2.48. The molecule has 7 heteroatoms. The summed E-state index contributed by atoms with van der Waals surface area (Å²) in [5.74, 6) is -3.77. The molecule has 3 atom stereocenters. The normalized spacial score (nSPS) is 28.5. The van der Waals surface area contributed by atoms with Gasteiger partial charge in [-0.2, -0.15) is 0 Å². The minimum Gasteiger partial charge on any atom is -0.392 e. The molecule has 2 rings (SSSR count). The Bertz CT molecular complexity index is 555. The molecule has 0 aromatic heterocycles. The third kappa shape index (κ3) is 3.10. The number of carbonyl (C=O) groups is 1. The molecule has 1 aliphatic rings. The highest BCUT2D eigenvalue weighted by Crippen LogP contribution is 2.37. The van der Waals surface area contributed by atoms with Crippen molar-refractivity contribution in [3.05, 3.63) is 35.4 Å². The van der Waals surface area contributed by atoms with E-state index in [-0.39, 0.29) is 18.6 Å². The lowest BCUT2D eigenvalue weighted by molar-refractivity contribution is -0.144. The molecular weight excluding hydrogens is 299 g/mol. The van der Waals surface area contributed by atoms with Crippen LogP contribution < -0.4 is 5.32 Å². The van der Waals surface area contributed by atoms with Gasteiger partial charge in [-0.15, -0.1) is 0 Å². The number of alkyl halides is 1. The van der Waals surface area contributed by atoms with Gasteiger partial charge in [0.15, 0.2) is 11.6 Å². The first-order valence-electron chi connectivity index (χ1n) is 7.05. The van der Waals surface area contributed by atoms with Crippen LogP contribution >= 0.6 is 0 Å². The number of hydrogen-bond acceptors (Lipinski definition) is 3. The summed E-state index contributed by atoms with van der Waals surface area (Å²) in [6.45, 7) is 1.19. The van der Waals surface area contributed by atoms with E-state index < -0.39 is 41.8 Å². The predicted molar refractivity (Wildman–Crippen MR) is 72.8 cm³/mol. The minimum absolute atomic E-state index is 0.0574. The van der Waals surface area contributed by atoms with Crippen molar-refractivity contribution >= 4 is 5.91 Å². The SMILES string of the molecule is CCOC[C@H]1CC(F)(CO)C(=O)N[C@@H]1c1cccc(F)c1F. The van der Waals surface area contributed by atoms with E-state index in [1.54, 1.807) is 6.92 Å². The molecule has 1 heterocycles. The molecule has 0 bridgehead atoms. The molecule has 1 aliphatic heterocycles. The van der Waals surface area contributed by atoms with E-state index in [1.807, 2.05) is 0 Å². The number of halogens is 3. The zero-order chi connectivity index (χ0) is 16.3. The third-order valence-corrected chi connectivity index (χ3v) is 3.85. The summed E-state index contributed by atoms with van der Waals surface area (Å²) in [6, 6.07) is 2.71. The Morgan fingerprint density at radius 3 is 2.82 bits per heavy atom. The molecule has 2 N–H and O–H groups in total. The number of nitrogens with one attached hydrogen (secondary N) is 1. The van der Waals surface area contributed by atoms with Crippen LogP contribution in [0.15, 0.2) is 18.2 Å². The van der Waals surface area contributed by atoms with Crippen molar-refractivity contribution in [3.63, 3.8) is 0 Å². The predicted octanol–water partition coefficient (Wildman–Crippen LogP) is 1.88. The number of rotatable bonds is 5. The minimum atomic E-state index is -2.44. The van der Waals surface area contributed by atoms with Crippen molar-refractivity contribution in [3.8, 4) is 0 Å². The quantitative estimate of drug-likeness (QED) is 0.872. The van der Waals surface area contributed by atoms with E-state index in [4.69, 9.17) is 9.84 Å². The van der Waals surface area contributed by atoms with Crippen LogP contribution in [-0.4, -0.2) is 36.5 Å². The first-order chi connectivity index (χ1) is 10.4. The molecule has 1 unspecified atom stereocenters. The van der Waals surface area contributed by atoms with Gasteiger partial charge in [0.25, 0.3) is 5.91 Å². The molecule has 0 saturated carbocycles. The van der Waals surface area contributed by atoms with Crippen molar-refractivity contribution < 1.29 is 27.8 Å². The number of ether oxygens (including phenoxy) is 1. The molecule has 0 aliphatic carbocycles. The van der Waals surface area contributed by atoms with Crippen LogP contribution in [0.2, 0.25) is 0 Å². The highest BCUT2D eigenvalue weighted by atomic mass is 19.2. The van der Waals surface area contributed by atoms with E-state index in [0.29, 0.717) is 6.61 Å². The summed E-state index contributed by atoms with van der Waals surface area (Å²) < 4.78 is 47.0. The first kappa shape index (κ1) is 16.8. The summed E-state index contributed by atoms with van der Waals surface area (Å²) in [4.78, 5) is 11.8. The highest BCUT2D eigenvalue weighted by molar-refractivity contribution is 5.86. The zero-order valence-corrected chi connectivity index (χ0v) is 12.1. The van der Waals surface area contributed by atoms with Gasteiger partial charge in [0.05, 0.1) is 19.3 Å². The molecule has 4 nitrogen and oxygen atoms in total. The van der Waals surface area contributed by atoms with E-state index >= 15 is 0 Å². The van der Waals surface area contributed by atoms with E-state index in [2.05, 4.69) is 5.32 Å². The number of amides is 1. The number of piperidine rings is 1. The summed E-state index contributed by atoms with van der Waals surface area (Å²) in [7, 11) is 0. The molecule has 0 spiro atoms. The van der Waals surface area contributed by atoms with E-state index in [9.17, 15) is 18.0 Å². The van der Waals surface area contributed by atoms with Crippen molar-refractivity contribution in [2.75, 3.05) is 19.8 Å². The second-order valence-electron chi connectivity index (χ2n) is 5.34. The summed E-state index contributed by atoms with van der Waals surface area (Å²) in [5, 5.41) is 11.4. The van der Waals surface area contributed by atoms with Crippen LogP contribution in [0.4, 0.5) is 13.2 Å². The molecule has 1 fully saturated rings. The Labute approximate surface area is 126 Å². The maximum atomic E-state index is 14.4. The number of benzene rings is 1. The van der Waals surface area contributed by atoms with Crippen LogP contribution in [0.1, 0.15) is 24.9 Å². The maximum Gasteiger partial charge on any atom is 0.260 e. The van der Waals surface area contributed by atoms with E-state index in [0.717, 1.165) is 6.07 Å². The van der Waals surface area contributed by atoms with Crippen LogP contribution in [0.25, 0.3) is 0 Å². The number of hydrogen-bond donors (Lipinski definition) is 2. The van der Waals surface area contributed by atoms with Crippen LogP contribution in [0.5, 0.6) is 0 Å². The van der Waals surface area contributed by atoms with Crippen LogP contribution in [0, 0.1) is 17.6 Å². The molecule has 1 aromatic carbocycles. The second-order valence-corrected chi connectivity index (χ2v) is 5.34. The van der Waals surface area contributed by atoms with Gasteiger partial charge in [0, 0.05) is 24.5 Å². The molecule has 1 aromatic rings. The molecule has 0 radical (unpaired) electrons. The third-order valence-electron chi connectivity index (χ3n) is 3.85. The molecule has 22 heavy (non-hydrogen) atoms. The fraction of sp³-hybridized carbons (Fsp3) is 0.533. The summed E-state index contributed by atoms with van der Waals surface area (Å²) >= 11 is 0. The van der Waals surface area contributed by atoms with Crippen molar-refractivity contribution in [2.45, 2.75) is 25.1 Å². The Balaban J connectivity index is 2.34. The van der Waals surface area contributed by atoms with Gasteiger partial charge < -0.3 is 15.2 Å². The number of aliphatic hydroxyl groups excluding tert-OH is 1. The van der Waals surface area contributed by atoms with Crippen molar-refractivity contribution in [1.29, 1.82) is 0 Å². The Morgan fingerprint density at radius 1 is 1.45 bits per heavy atom. The van der Waals surface area contributed by atoms with E-state index in [1.165, 1.54) is 12.1 Å². The van der Waals surface area contributed by atoms with Gasteiger partial charge in [-0.3, -0.25) is 4.79 Å². The molecule has 122 valence electrons. The lowest BCUT2D eigenvalue weighted by atomic mass is 9.80. The fourth-order valence-corrected chi connectivity index (χ4v) is 2.67. The second kappa shape index (κ2) is 6.66. The van der Waals surface area contributed by atoms with Gasteiger partial charge >= 0.3 is 0 Å². The number of carbonyl (C=O) groups excluding carboxylic acids is 1.